The number of aryl methyl sites for hydroxylation is 2. The quantitative estimate of drug-likeness (QED) is 0.352. The summed E-state index contributed by atoms with van der Waals surface area (Å²) in [6.07, 6.45) is 1.22. The van der Waals surface area contributed by atoms with Crippen molar-refractivity contribution in [3.05, 3.63) is 64.2 Å². The SMILES string of the molecule is CCCCOC(=O)CP(=O)(C(=O)c1c(C)cc(C)c(C)c1C)c1ccccc1. The van der Waals surface area contributed by atoms with Crippen molar-refractivity contribution in [1.29, 1.82) is 0 Å². The number of hydrogen-bond acceptors (Lipinski definition) is 4. The molecule has 0 fully saturated rings. The smallest absolute Gasteiger partial charge is 0.314 e. The van der Waals surface area contributed by atoms with E-state index in [1.807, 2.05) is 40.7 Å². The molecule has 0 amide bonds. The van der Waals surface area contributed by atoms with Crippen molar-refractivity contribution >= 4 is 23.9 Å². The molecule has 0 radical (unpaired) electrons. The first-order valence-electron chi connectivity index (χ1n) is 9.65. The first-order valence-corrected chi connectivity index (χ1v) is 11.5. The van der Waals surface area contributed by atoms with Crippen LogP contribution in [0, 0.1) is 27.7 Å². The summed E-state index contributed by atoms with van der Waals surface area (Å²) < 4.78 is 19.2. The van der Waals surface area contributed by atoms with Crippen molar-refractivity contribution in [2.45, 2.75) is 47.5 Å². The highest BCUT2D eigenvalue weighted by Crippen LogP contribution is 2.49. The standard InChI is InChI=1S/C23H29O4P/c1-6-7-13-27-21(24)15-28(26,20-11-9-8-10-12-20)23(25)22-17(3)14-16(2)18(4)19(22)5/h8-12,14H,6-7,13,15H2,1-5H3. The Morgan fingerprint density at radius 2 is 1.61 bits per heavy atom. The molecule has 2 aromatic rings. The van der Waals surface area contributed by atoms with Crippen LogP contribution in [0.3, 0.4) is 0 Å². The predicted molar refractivity (Wildman–Crippen MR) is 114 cm³/mol. The highest BCUT2D eigenvalue weighted by Gasteiger charge is 2.39. The fourth-order valence-electron chi connectivity index (χ4n) is 3.30. The van der Waals surface area contributed by atoms with E-state index < -0.39 is 24.8 Å². The number of carbonyl (C=O) groups is 2. The number of carbonyl (C=O) groups excluding carboxylic acids is 2. The van der Waals surface area contributed by atoms with Gasteiger partial charge in [-0.15, -0.1) is 0 Å². The molecule has 150 valence electrons. The van der Waals surface area contributed by atoms with Crippen LogP contribution in [0.15, 0.2) is 36.4 Å². The van der Waals surface area contributed by atoms with Gasteiger partial charge >= 0.3 is 5.97 Å². The second-order valence-corrected chi connectivity index (χ2v) is 9.97. The van der Waals surface area contributed by atoms with Gasteiger partial charge in [-0.3, -0.25) is 9.59 Å². The number of benzene rings is 2. The molecular formula is C23H29O4P. The summed E-state index contributed by atoms with van der Waals surface area (Å²) in [4.78, 5) is 26.0. The lowest BCUT2D eigenvalue weighted by molar-refractivity contribution is -0.140. The van der Waals surface area contributed by atoms with E-state index >= 15 is 0 Å². The van der Waals surface area contributed by atoms with E-state index in [-0.39, 0.29) is 6.61 Å². The van der Waals surface area contributed by atoms with Gasteiger partial charge in [-0.2, -0.15) is 0 Å². The van der Waals surface area contributed by atoms with Gasteiger partial charge in [0.25, 0.3) is 0 Å². The van der Waals surface area contributed by atoms with Crippen LogP contribution >= 0.6 is 7.14 Å². The van der Waals surface area contributed by atoms with Gasteiger partial charge in [0.1, 0.15) is 6.16 Å². The largest absolute Gasteiger partial charge is 0.465 e. The van der Waals surface area contributed by atoms with Crippen LogP contribution in [0.5, 0.6) is 0 Å². The lowest BCUT2D eigenvalue weighted by Gasteiger charge is -2.21. The molecule has 0 saturated carbocycles. The van der Waals surface area contributed by atoms with Gasteiger partial charge in [-0.1, -0.05) is 49.7 Å². The molecule has 0 bridgehead atoms. The van der Waals surface area contributed by atoms with E-state index in [1.165, 1.54) is 0 Å². The van der Waals surface area contributed by atoms with Crippen molar-refractivity contribution in [2.75, 3.05) is 12.8 Å². The van der Waals surface area contributed by atoms with Crippen LogP contribution < -0.4 is 5.30 Å². The zero-order chi connectivity index (χ0) is 20.9. The van der Waals surface area contributed by atoms with Gasteiger partial charge in [-0.25, -0.2) is 0 Å². The maximum Gasteiger partial charge on any atom is 0.314 e. The Kier molecular flexibility index (Phi) is 7.37. The predicted octanol–water partition coefficient (Wildman–Crippen LogP) is 5.09. The zero-order valence-electron chi connectivity index (χ0n) is 17.4. The minimum atomic E-state index is -3.69. The number of esters is 1. The Bertz CT molecular complexity index is 916. The fourth-order valence-corrected chi connectivity index (χ4v) is 5.68. The van der Waals surface area contributed by atoms with E-state index in [4.69, 9.17) is 4.74 Å². The number of unbranched alkanes of at least 4 members (excludes halogenated alkanes) is 1. The monoisotopic (exact) mass is 400 g/mol. The van der Waals surface area contributed by atoms with Crippen LogP contribution in [0.25, 0.3) is 0 Å². The van der Waals surface area contributed by atoms with E-state index in [1.54, 1.807) is 30.3 Å². The molecule has 0 aromatic heterocycles. The molecule has 0 heterocycles. The minimum Gasteiger partial charge on any atom is -0.465 e. The molecule has 2 rings (SSSR count). The normalized spacial score (nSPS) is 13.0. The summed E-state index contributed by atoms with van der Waals surface area (Å²) in [5.74, 6) is -0.590. The summed E-state index contributed by atoms with van der Waals surface area (Å²) in [5.41, 5.74) is 3.67. The Morgan fingerprint density at radius 3 is 2.21 bits per heavy atom. The molecule has 0 aliphatic carbocycles. The second kappa shape index (κ2) is 9.34. The van der Waals surface area contributed by atoms with Gasteiger partial charge in [-0.05, 0) is 56.4 Å². The number of hydrogen-bond donors (Lipinski definition) is 0. The lowest BCUT2D eigenvalue weighted by atomic mass is 9.95. The minimum absolute atomic E-state index is 0.278. The molecule has 1 atom stereocenters. The van der Waals surface area contributed by atoms with Gasteiger partial charge < -0.3 is 9.30 Å². The molecule has 28 heavy (non-hydrogen) atoms. The van der Waals surface area contributed by atoms with E-state index in [2.05, 4.69) is 0 Å². The third-order valence-electron chi connectivity index (χ3n) is 5.18. The van der Waals surface area contributed by atoms with Gasteiger partial charge in [0.15, 0.2) is 7.14 Å². The lowest BCUT2D eigenvalue weighted by Crippen LogP contribution is -2.23. The van der Waals surface area contributed by atoms with E-state index in [0.717, 1.165) is 35.1 Å². The van der Waals surface area contributed by atoms with Crippen molar-refractivity contribution in [3.63, 3.8) is 0 Å². The number of rotatable bonds is 8. The van der Waals surface area contributed by atoms with Gasteiger partial charge in [0, 0.05) is 10.9 Å². The van der Waals surface area contributed by atoms with Gasteiger partial charge in [0.2, 0.25) is 5.52 Å². The van der Waals surface area contributed by atoms with E-state index in [0.29, 0.717) is 10.9 Å². The molecule has 0 N–H and O–H groups in total. The average molecular weight is 400 g/mol. The Morgan fingerprint density at radius 1 is 0.964 bits per heavy atom. The van der Waals surface area contributed by atoms with Crippen LogP contribution in [0.4, 0.5) is 0 Å². The molecule has 0 spiro atoms. The topological polar surface area (TPSA) is 60.4 Å². The van der Waals surface area contributed by atoms with Crippen molar-refractivity contribution in [3.8, 4) is 0 Å². The van der Waals surface area contributed by atoms with Crippen molar-refractivity contribution < 1.29 is 18.9 Å². The molecule has 0 aliphatic heterocycles. The van der Waals surface area contributed by atoms with Crippen LogP contribution in [-0.4, -0.2) is 24.3 Å². The highest BCUT2D eigenvalue weighted by atomic mass is 31.2. The third kappa shape index (κ3) is 4.62. The second-order valence-electron chi connectivity index (χ2n) is 7.25. The number of ether oxygens (including phenoxy) is 1. The summed E-state index contributed by atoms with van der Waals surface area (Å²) in [6, 6.07) is 10.5. The van der Waals surface area contributed by atoms with Crippen molar-refractivity contribution in [2.24, 2.45) is 0 Å². The Hall–Kier alpha value is -2.19. The molecule has 0 aliphatic rings. The molecule has 2 aromatic carbocycles. The summed E-state index contributed by atoms with van der Waals surface area (Å²) in [7, 11) is -3.69. The Labute approximate surface area is 167 Å². The molecule has 0 saturated heterocycles. The zero-order valence-corrected chi connectivity index (χ0v) is 18.3. The van der Waals surface area contributed by atoms with E-state index in [9.17, 15) is 14.2 Å². The Balaban J connectivity index is 2.52. The molecular weight excluding hydrogens is 371 g/mol. The maximum absolute atomic E-state index is 14.0. The van der Waals surface area contributed by atoms with Crippen LogP contribution in [-0.2, 0) is 14.1 Å². The van der Waals surface area contributed by atoms with Crippen LogP contribution in [0.1, 0.15) is 52.4 Å². The summed E-state index contributed by atoms with van der Waals surface area (Å²) >= 11 is 0. The molecule has 5 heteroatoms. The third-order valence-corrected chi connectivity index (χ3v) is 7.90. The van der Waals surface area contributed by atoms with Crippen LogP contribution in [0.2, 0.25) is 0 Å². The molecule has 4 nitrogen and oxygen atoms in total. The van der Waals surface area contributed by atoms with Crippen molar-refractivity contribution in [1.82, 2.24) is 0 Å². The maximum atomic E-state index is 14.0. The first kappa shape index (κ1) is 22.1. The average Bonchev–Trinajstić information content (AvgIpc) is 2.67. The fraction of sp³-hybridized carbons (Fsp3) is 0.391. The van der Waals surface area contributed by atoms with Gasteiger partial charge in [0.05, 0.1) is 6.61 Å². The molecule has 1 unspecified atom stereocenters. The summed E-state index contributed by atoms with van der Waals surface area (Å²) in [6.45, 7) is 9.94. The summed E-state index contributed by atoms with van der Waals surface area (Å²) in [5, 5.41) is 0.393. The first-order chi connectivity index (χ1) is 13.2. The highest BCUT2D eigenvalue weighted by molar-refractivity contribution is 7.88.